The Morgan fingerprint density at radius 1 is 1.32 bits per heavy atom. The molecule has 4 nitrogen and oxygen atoms in total. The maximum atomic E-state index is 12.2. The zero-order chi connectivity index (χ0) is 15.5. The molecule has 3 rings (SSSR count). The minimum atomic E-state index is -0.478. The summed E-state index contributed by atoms with van der Waals surface area (Å²) >= 11 is 0. The van der Waals surface area contributed by atoms with Gasteiger partial charge in [0, 0.05) is 30.8 Å². The molecule has 1 aliphatic carbocycles. The largest absolute Gasteiger partial charge is 0.506 e. The van der Waals surface area contributed by atoms with Gasteiger partial charge in [-0.15, -0.1) is 0 Å². The number of benzene rings is 1. The number of carbonyl (C=O) groups excluding carboxylic acids is 1. The third kappa shape index (κ3) is 2.73. The van der Waals surface area contributed by atoms with Crippen molar-refractivity contribution in [3.63, 3.8) is 0 Å². The van der Waals surface area contributed by atoms with E-state index in [9.17, 15) is 9.90 Å². The van der Waals surface area contributed by atoms with Gasteiger partial charge in [-0.05, 0) is 37.5 Å². The van der Waals surface area contributed by atoms with Gasteiger partial charge in [-0.25, -0.2) is 4.79 Å². The second kappa shape index (κ2) is 6.26. The monoisotopic (exact) mass is 298 g/mol. The lowest BCUT2D eigenvalue weighted by molar-refractivity contribution is 0.0523. The maximum Gasteiger partial charge on any atom is 0.342 e. The molecule has 1 fully saturated rings. The molecule has 1 aromatic rings. The van der Waals surface area contributed by atoms with E-state index in [2.05, 4.69) is 4.90 Å². The van der Waals surface area contributed by atoms with Crippen LogP contribution in [0.5, 0.6) is 5.75 Å². The summed E-state index contributed by atoms with van der Waals surface area (Å²) in [6, 6.07) is 3.70. The molecule has 0 spiro atoms. The number of hydrogen-bond acceptors (Lipinski definition) is 4. The lowest BCUT2D eigenvalue weighted by Gasteiger charge is -2.21. The van der Waals surface area contributed by atoms with Crippen LogP contribution in [-0.2, 0) is 4.74 Å². The number of phenolic OH excluding ortho intramolecular Hbond substituents is 1. The van der Waals surface area contributed by atoms with E-state index in [0.29, 0.717) is 5.56 Å². The first-order chi connectivity index (χ1) is 10.7. The average molecular weight is 298 g/mol. The van der Waals surface area contributed by atoms with E-state index in [-0.39, 0.29) is 17.9 Å². The van der Waals surface area contributed by atoms with Crippen molar-refractivity contribution in [2.24, 2.45) is 0 Å². The fraction of sp³-hybridized carbons (Fsp3) is 0.333. The van der Waals surface area contributed by atoms with Crippen LogP contribution in [-0.4, -0.2) is 30.8 Å². The summed E-state index contributed by atoms with van der Waals surface area (Å²) in [5.74, 6) is -0.485. The van der Waals surface area contributed by atoms with Gasteiger partial charge in [-0.1, -0.05) is 18.2 Å². The zero-order valence-corrected chi connectivity index (χ0v) is 12.7. The van der Waals surface area contributed by atoms with Gasteiger partial charge in [0.1, 0.15) is 11.3 Å². The summed E-state index contributed by atoms with van der Waals surface area (Å²) in [6.45, 7) is 4.01. The molecular weight excluding hydrogens is 278 g/mol. The minimum absolute atomic E-state index is 0.00685. The highest BCUT2D eigenvalue weighted by atomic mass is 16.5. The van der Waals surface area contributed by atoms with Crippen LogP contribution in [0.3, 0.4) is 0 Å². The van der Waals surface area contributed by atoms with E-state index in [1.807, 2.05) is 30.7 Å². The van der Waals surface area contributed by atoms with Crippen molar-refractivity contribution in [2.45, 2.75) is 19.8 Å². The molecule has 0 aromatic heterocycles. The third-order valence-electron chi connectivity index (χ3n) is 4.03. The van der Waals surface area contributed by atoms with Crippen LogP contribution in [0.15, 0.2) is 30.4 Å². The number of anilines is 1. The quantitative estimate of drug-likeness (QED) is 0.866. The first-order valence-electron chi connectivity index (χ1n) is 7.72. The summed E-state index contributed by atoms with van der Waals surface area (Å²) < 4.78 is 5.08. The van der Waals surface area contributed by atoms with Crippen LogP contribution >= 0.6 is 0 Å². The highest BCUT2D eigenvalue weighted by Crippen LogP contribution is 2.37. The van der Waals surface area contributed by atoms with Gasteiger partial charge >= 0.3 is 5.97 Å². The topological polar surface area (TPSA) is 49.8 Å². The lowest BCUT2D eigenvalue weighted by Crippen LogP contribution is -2.18. The molecule has 1 heterocycles. The molecule has 0 saturated carbocycles. The van der Waals surface area contributed by atoms with E-state index in [1.165, 1.54) is 0 Å². The van der Waals surface area contributed by atoms with Crippen molar-refractivity contribution in [3.05, 3.63) is 47.9 Å². The van der Waals surface area contributed by atoms with Gasteiger partial charge in [0.2, 0.25) is 0 Å². The first-order valence-corrected chi connectivity index (χ1v) is 7.72. The number of hydrogen-bond donors (Lipinski definition) is 1. The summed E-state index contributed by atoms with van der Waals surface area (Å²) in [6.07, 6.45) is 10.0. The minimum Gasteiger partial charge on any atom is -0.506 e. The van der Waals surface area contributed by atoms with Crippen LogP contribution in [0.4, 0.5) is 5.69 Å². The van der Waals surface area contributed by atoms with Gasteiger partial charge in [-0.3, -0.25) is 0 Å². The number of nitrogens with zero attached hydrogens (tertiary/aromatic N) is 1. The predicted molar refractivity (Wildman–Crippen MR) is 86.9 cm³/mol. The van der Waals surface area contributed by atoms with Gasteiger partial charge in [0.25, 0.3) is 0 Å². The fourth-order valence-corrected chi connectivity index (χ4v) is 2.92. The van der Waals surface area contributed by atoms with E-state index in [0.717, 1.165) is 37.2 Å². The molecule has 1 N–H and O–H groups in total. The number of esters is 1. The number of ether oxygens (including phenoxy) is 1. The van der Waals surface area contributed by atoms with Crippen LogP contribution in [0.2, 0.25) is 0 Å². The van der Waals surface area contributed by atoms with Crippen molar-refractivity contribution >= 4 is 17.2 Å². The van der Waals surface area contributed by atoms with E-state index < -0.39 is 5.97 Å². The molecule has 0 atom stereocenters. The van der Waals surface area contributed by atoms with Gasteiger partial charge in [-0.2, -0.15) is 0 Å². The number of carbonyl (C=O) groups is 1. The number of allylic oxidation sites excluding steroid dienone is 4. The Kier molecular flexibility index (Phi) is 4.18. The van der Waals surface area contributed by atoms with Crippen molar-refractivity contribution < 1.29 is 14.6 Å². The highest BCUT2D eigenvalue weighted by molar-refractivity contribution is 5.97. The molecule has 1 aliphatic heterocycles. The number of phenols is 1. The van der Waals surface area contributed by atoms with Crippen molar-refractivity contribution in [2.75, 3.05) is 24.6 Å². The van der Waals surface area contributed by atoms with Crippen LogP contribution in [0, 0.1) is 6.42 Å². The Morgan fingerprint density at radius 2 is 2.09 bits per heavy atom. The number of rotatable bonds is 4. The summed E-state index contributed by atoms with van der Waals surface area (Å²) in [5, 5.41) is 10.5. The standard InChI is InChI=1S/C18H20NO3/c1-2-22-18(21)16-12-14(19-9-5-6-10-19)11-15(17(16)20)13-7-3-4-8-13/h3-4,7-8,11-12,20H,2,5-6,9-10H2,1H3. The molecule has 4 heteroatoms. The van der Waals surface area contributed by atoms with E-state index in [1.54, 1.807) is 13.0 Å². The smallest absolute Gasteiger partial charge is 0.342 e. The molecule has 1 saturated heterocycles. The Labute approximate surface area is 130 Å². The molecule has 1 radical (unpaired) electrons. The molecule has 2 aliphatic rings. The SMILES string of the molecule is CCOC(=O)c1cc(N2CCCC2)cc(C2=C[CH]C=C2)c1O. The zero-order valence-electron chi connectivity index (χ0n) is 12.7. The Morgan fingerprint density at radius 3 is 2.73 bits per heavy atom. The van der Waals surface area contributed by atoms with Crippen molar-refractivity contribution in [1.82, 2.24) is 0 Å². The van der Waals surface area contributed by atoms with Crippen LogP contribution in [0.25, 0.3) is 5.57 Å². The second-order valence-electron chi connectivity index (χ2n) is 5.48. The van der Waals surface area contributed by atoms with Crippen molar-refractivity contribution in [1.29, 1.82) is 0 Å². The highest BCUT2D eigenvalue weighted by Gasteiger charge is 2.22. The molecule has 115 valence electrons. The van der Waals surface area contributed by atoms with Gasteiger partial charge in [0.05, 0.1) is 6.61 Å². The Balaban J connectivity index is 2.07. The van der Waals surface area contributed by atoms with E-state index >= 15 is 0 Å². The van der Waals surface area contributed by atoms with Gasteiger partial charge in [0.15, 0.2) is 0 Å². The van der Waals surface area contributed by atoms with Crippen LogP contribution < -0.4 is 4.90 Å². The Hall–Kier alpha value is -2.23. The predicted octanol–water partition coefficient (Wildman–Crippen LogP) is 3.33. The second-order valence-corrected chi connectivity index (χ2v) is 5.48. The lowest BCUT2D eigenvalue weighted by atomic mass is 10.0. The Bertz CT molecular complexity index is 640. The fourth-order valence-electron chi connectivity index (χ4n) is 2.92. The number of aromatic hydroxyl groups is 1. The summed E-state index contributed by atoms with van der Waals surface area (Å²) in [7, 11) is 0. The third-order valence-corrected chi connectivity index (χ3v) is 4.03. The molecule has 1 aromatic carbocycles. The summed E-state index contributed by atoms with van der Waals surface area (Å²) in [5.41, 5.74) is 2.79. The molecule has 0 unspecified atom stereocenters. The van der Waals surface area contributed by atoms with Crippen molar-refractivity contribution in [3.8, 4) is 5.75 Å². The molecular formula is C18H20NO3. The average Bonchev–Trinajstić information content (AvgIpc) is 3.21. The molecule has 0 amide bonds. The van der Waals surface area contributed by atoms with Crippen LogP contribution in [0.1, 0.15) is 35.7 Å². The first kappa shape index (κ1) is 14.7. The maximum absolute atomic E-state index is 12.2. The summed E-state index contributed by atoms with van der Waals surface area (Å²) in [4.78, 5) is 14.4. The normalized spacial score (nSPS) is 17.0. The van der Waals surface area contributed by atoms with E-state index in [4.69, 9.17) is 4.74 Å². The van der Waals surface area contributed by atoms with Gasteiger partial charge < -0.3 is 14.7 Å². The molecule has 22 heavy (non-hydrogen) atoms. The molecule has 0 bridgehead atoms.